The fraction of sp³-hybridized carbons (Fsp3) is 1.00. The molecular formula is C9H15Br3Cl3O3P. The zero-order valence-corrected chi connectivity index (χ0v) is 18.5. The van der Waals surface area contributed by atoms with Crippen LogP contribution in [0.4, 0.5) is 0 Å². The Balaban J connectivity index is 5.45. The molecule has 0 bridgehead atoms. The molecule has 3 nitrogen and oxygen atoms in total. The lowest BCUT2D eigenvalue weighted by Gasteiger charge is -2.37. The van der Waals surface area contributed by atoms with Crippen LogP contribution in [0.1, 0.15) is 20.8 Å². The van der Waals surface area contributed by atoms with Gasteiger partial charge in [0.05, 0.1) is 0 Å². The minimum Gasteiger partial charge on any atom is -0.284 e. The van der Waals surface area contributed by atoms with Crippen molar-refractivity contribution in [2.45, 2.75) is 35.5 Å². The molecule has 0 spiro atoms. The van der Waals surface area contributed by atoms with E-state index in [1.54, 1.807) is 13.8 Å². The summed E-state index contributed by atoms with van der Waals surface area (Å²) in [5.41, 5.74) is 0. The largest absolute Gasteiger partial charge is 0.355 e. The van der Waals surface area contributed by atoms with Crippen LogP contribution < -0.4 is 0 Å². The van der Waals surface area contributed by atoms with Crippen molar-refractivity contribution in [3.8, 4) is 0 Å². The molecule has 0 aromatic carbocycles. The van der Waals surface area contributed by atoms with Crippen molar-refractivity contribution in [3.63, 3.8) is 0 Å². The van der Waals surface area contributed by atoms with Gasteiger partial charge < -0.3 is 0 Å². The van der Waals surface area contributed by atoms with Crippen LogP contribution in [0.3, 0.4) is 0 Å². The van der Waals surface area contributed by atoms with Gasteiger partial charge in [-0.15, -0.1) is 11.6 Å². The maximum Gasteiger partial charge on any atom is 0.355 e. The average Bonchev–Trinajstić information content (AvgIpc) is 2.27. The van der Waals surface area contributed by atoms with Crippen molar-refractivity contribution in [1.82, 2.24) is 0 Å². The van der Waals surface area contributed by atoms with Crippen LogP contribution in [0.5, 0.6) is 0 Å². The van der Waals surface area contributed by atoms with E-state index < -0.39 is 22.3 Å². The van der Waals surface area contributed by atoms with Gasteiger partial charge in [0, 0.05) is 16.0 Å². The van der Waals surface area contributed by atoms with Gasteiger partial charge in [0.25, 0.3) is 0 Å². The highest BCUT2D eigenvalue weighted by molar-refractivity contribution is 9.09. The van der Waals surface area contributed by atoms with E-state index >= 15 is 0 Å². The normalized spacial score (nSPS) is 24.9. The van der Waals surface area contributed by atoms with Gasteiger partial charge >= 0.3 is 7.60 Å². The molecule has 0 radical (unpaired) electrons. The SMILES string of the molecule is CC(Cl)(CBr)OP(=O)(OC(C)(Cl)CBr)C(C)(Cl)CBr. The van der Waals surface area contributed by atoms with E-state index in [0.717, 1.165) is 0 Å². The Hall–Kier alpha value is 2.46. The van der Waals surface area contributed by atoms with E-state index in [9.17, 15) is 4.57 Å². The van der Waals surface area contributed by atoms with Crippen molar-refractivity contribution in [3.05, 3.63) is 0 Å². The van der Waals surface area contributed by atoms with Crippen LogP contribution in [0, 0.1) is 0 Å². The summed E-state index contributed by atoms with van der Waals surface area (Å²) < 4.78 is 22.6. The predicted octanol–water partition coefficient (Wildman–Crippen LogP) is 6.26. The molecule has 0 aromatic rings. The predicted molar refractivity (Wildman–Crippen MR) is 93.9 cm³/mol. The molecule has 19 heavy (non-hydrogen) atoms. The number of hydrogen-bond donors (Lipinski definition) is 0. The first-order valence-electron chi connectivity index (χ1n) is 5.11. The Morgan fingerprint density at radius 3 is 1.42 bits per heavy atom. The number of rotatable bonds is 8. The average molecular weight is 548 g/mol. The van der Waals surface area contributed by atoms with E-state index in [1.807, 2.05) is 0 Å². The monoisotopic (exact) mass is 544 g/mol. The summed E-state index contributed by atoms with van der Waals surface area (Å²) in [5, 5.41) is -1.78. The third kappa shape index (κ3) is 6.62. The lowest BCUT2D eigenvalue weighted by Crippen LogP contribution is -2.34. The molecule has 0 heterocycles. The minimum absolute atomic E-state index is 0.184. The third-order valence-electron chi connectivity index (χ3n) is 1.91. The molecule has 10 heteroatoms. The van der Waals surface area contributed by atoms with E-state index in [0.29, 0.717) is 0 Å². The molecule has 0 N–H and O–H groups in total. The molecule has 0 amide bonds. The third-order valence-corrected chi connectivity index (χ3v) is 10.6. The molecule has 0 aliphatic carbocycles. The van der Waals surface area contributed by atoms with E-state index in [1.165, 1.54) is 6.92 Å². The molecule has 0 aliphatic rings. The zero-order chi connectivity index (χ0) is 15.5. The van der Waals surface area contributed by atoms with Crippen LogP contribution in [-0.4, -0.2) is 30.7 Å². The van der Waals surface area contributed by atoms with Crippen LogP contribution in [0.2, 0.25) is 0 Å². The molecule has 0 saturated carbocycles. The zero-order valence-electron chi connectivity index (χ0n) is 10.6. The highest BCUT2D eigenvalue weighted by atomic mass is 79.9. The highest BCUT2D eigenvalue weighted by Crippen LogP contribution is 2.67. The Morgan fingerprint density at radius 2 is 1.21 bits per heavy atom. The van der Waals surface area contributed by atoms with Gasteiger partial charge in [-0.1, -0.05) is 71.0 Å². The Labute approximate surface area is 154 Å². The van der Waals surface area contributed by atoms with Crippen LogP contribution in [0.25, 0.3) is 0 Å². The van der Waals surface area contributed by atoms with Crippen molar-refractivity contribution in [2.75, 3.05) is 16.0 Å². The first kappa shape index (κ1) is 21.5. The summed E-state index contributed by atoms with van der Waals surface area (Å²) in [7, 11) is -3.80. The van der Waals surface area contributed by atoms with E-state index in [2.05, 4.69) is 47.8 Å². The van der Waals surface area contributed by atoms with Gasteiger partial charge in [0.1, 0.15) is 0 Å². The smallest absolute Gasteiger partial charge is 0.284 e. The molecule has 3 unspecified atom stereocenters. The van der Waals surface area contributed by atoms with Gasteiger partial charge in [-0.2, -0.15) is 0 Å². The fourth-order valence-corrected chi connectivity index (χ4v) is 4.78. The van der Waals surface area contributed by atoms with Crippen LogP contribution in [0.15, 0.2) is 0 Å². The van der Waals surface area contributed by atoms with E-state index in [4.69, 9.17) is 43.9 Å². The van der Waals surface area contributed by atoms with Gasteiger partial charge in [-0.25, -0.2) is 0 Å². The summed E-state index contributed by atoms with van der Waals surface area (Å²) in [5.74, 6) is 0. The number of hydrogen-bond acceptors (Lipinski definition) is 3. The molecule has 116 valence electrons. The van der Waals surface area contributed by atoms with Crippen molar-refractivity contribution >= 4 is 90.2 Å². The molecule has 0 rings (SSSR count). The maximum atomic E-state index is 13.0. The molecule has 0 saturated heterocycles. The summed E-state index contributed by atoms with van der Waals surface area (Å²) in [4.78, 5) is 0. The number of alkyl halides is 6. The minimum atomic E-state index is -3.80. The fourth-order valence-electron chi connectivity index (χ4n) is 0.832. The van der Waals surface area contributed by atoms with Crippen molar-refractivity contribution in [1.29, 1.82) is 0 Å². The maximum absolute atomic E-state index is 13.0. The second-order valence-electron chi connectivity index (χ2n) is 4.43. The van der Waals surface area contributed by atoms with Gasteiger partial charge in [-0.3, -0.25) is 13.6 Å². The standard InChI is InChI=1S/C9H15Br3Cl3O3P/c1-7(13,4-10)17-19(16,9(3,15)6-12)18-8(2,14)5-11/h4-6H2,1-3H3. The molecule has 0 fully saturated rings. The quantitative estimate of drug-likeness (QED) is 0.266. The van der Waals surface area contributed by atoms with Crippen LogP contribution >= 0.6 is 90.2 Å². The first-order valence-corrected chi connectivity index (χ1v) is 11.1. The van der Waals surface area contributed by atoms with Crippen molar-refractivity contribution < 1.29 is 13.6 Å². The van der Waals surface area contributed by atoms with Gasteiger partial charge in [0.2, 0.25) is 0 Å². The van der Waals surface area contributed by atoms with Crippen molar-refractivity contribution in [2.24, 2.45) is 0 Å². The number of halogens is 6. The molecule has 0 aromatic heterocycles. The Kier molecular flexibility index (Phi) is 8.84. The Morgan fingerprint density at radius 1 is 0.895 bits per heavy atom. The summed E-state index contributed by atoms with van der Waals surface area (Å²) in [6, 6.07) is 0. The van der Waals surface area contributed by atoms with Crippen LogP contribution in [-0.2, 0) is 13.6 Å². The second-order valence-corrected chi connectivity index (χ2v) is 11.2. The first-order chi connectivity index (χ1) is 8.35. The molecular weight excluding hydrogens is 533 g/mol. The highest BCUT2D eigenvalue weighted by Gasteiger charge is 2.52. The summed E-state index contributed by atoms with van der Waals surface area (Å²) >= 11 is 28.0. The molecule has 0 aliphatic heterocycles. The van der Waals surface area contributed by atoms with Gasteiger partial charge in [0.15, 0.2) is 14.7 Å². The van der Waals surface area contributed by atoms with E-state index in [-0.39, 0.29) is 16.0 Å². The second kappa shape index (κ2) is 7.83. The topological polar surface area (TPSA) is 35.5 Å². The Bertz CT molecular complexity index is 331. The van der Waals surface area contributed by atoms with Gasteiger partial charge in [-0.05, 0) is 20.8 Å². The lowest BCUT2D eigenvalue weighted by atomic mass is 10.5. The summed E-state index contributed by atoms with van der Waals surface area (Å²) in [6.45, 7) is 4.65. The lowest BCUT2D eigenvalue weighted by molar-refractivity contribution is 0.105. The summed E-state index contributed by atoms with van der Waals surface area (Å²) in [6.07, 6.45) is 0. The molecule has 3 atom stereocenters.